The van der Waals surface area contributed by atoms with Crippen LogP contribution in [0.2, 0.25) is 0 Å². The third kappa shape index (κ3) is 35.4. The second kappa shape index (κ2) is 53.7. The van der Waals surface area contributed by atoms with Crippen molar-refractivity contribution in [2.45, 2.75) is 256 Å². The van der Waals surface area contributed by atoms with E-state index in [1.54, 1.807) is 0 Å². The van der Waals surface area contributed by atoms with E-state index in [1.807, 2.05) is 60.9 Å². The van der Waals surface area contributed by atoms with E-state index >= 15 is 0 Å². The van der Waals surface area contributed by atoms with E-state index in [9.17, 15) is 28.8 Å². The molecule has 678 valence electrons. The molecule has 0 aliphatic rings. The minimum absolute atomic E-state index is 0.0174. The second-order valence-corrected chi connectivity index (χ2v) is 40.1. The van der Waals surface area contributed by atoms with Gasteiger partial charge in [-0.1, -0.05) is 233 Å². The molecule has 0 heterocycles. The Kier molecular flexibility index (Phi) is 50.7. The van der Waals surface area contributed by atoms with Gasteiger partial charge in [-0.25, -0.2) is 0 Å². The number of nitrogens with two attached hydrogens (primary N) is 2. The Morgan fingerprint density at radius 2 is 0.555 bits per heavy atom. The van der Waals surface area contributed by atoms with Crippen LogP contribution in [0.4, 0.5) is 34.1 Å². The molecule has 0 aliphatic heterocycles. The summed E-state index contributed by atoms with van der Waals surface area (Å²) in [7, 11) is 12.0. The van der Waals surface area contributed by atoms with Gasteiger partial charge in [-0.3, -0.25) is 28.8 Å². The molecule has 119 heavy (non-hydrogen) atoms. The number of nitrogens with zero attached hydrogens (tertiary/aromatic N) is 7. The smallest absolute Gasteiger partial charge is 0.220 e. The summed E-state index contributed by atoms with van der Waals surface area (Å²) in [6, 6.07) is 0. The molecule has 6 rings (SSSR count). The van der Waals surface area contributed by atoms with Gasteiger partial charge < -0.3 is 75.9 Å². The van der Waals surface area contributed by atoms with Crippen LogP contribution < -0.4 is 79.6 Å². The van der Waals surface area contributed by atoms with Crippen LogP contribution in [-0.4, -0.2) is 208 Å². The van der Waals surface area contributed by atoms with Gasteiger partial charge in [-0.05, 0) is 163 Å². The van der Waals surface area contributed by atoms with E-state index in [0.717, 1.165) is 141 Å². The first-order valence-corrected chi connectivity index (χ1v) is 46.0. The van der Waals surface area contributed by atoms with Gasteiger partial charge in [0, 0.05) is 120 Å². The number of ether oxygens (including phenoxy) is 3. The highest BCUT2D eigenvalue weighted by molar-refractivity contribution is 7.72. The lowest BCUT2D eigenvalue weighted by Crippen LogP contribution is -2.36. The van der Waals surface area contributed by atoms with Crippen molar-refractivity contribution in [3.63, 3.8) is 0 Å². The Bertz CT molecular complexity index is 4420. The number of rotatable bonds is 46. The standard InChI is InChI=1S/C19H34N2OS.C18H32N2OS.C17H30N2OS.2C13H22N2O2S.C12H20N2O2S/c1-7-11-21(12-8-2)14-10-9-13-20(6)16-15(19(3,4)5)18(23)17(16)22;1-7-11-20(8-2)13-10-9-12-19(6)15-14(18(3,4)5)17(22)16(15)21;1-7-10-18(5)11-8-9-12-19(6)14-13(17(2,3)4)16(21)15(14)20;1-13(2,3)9-10(11(16)12(9)18)15(4)6-8-17-7-5-14;1-13(2,3)9-10(11(16)12(9)18)15-6-8-17-7-5-14-4;1-12(2,3)8-9(10(15)11(8)17)14-5-7-16-6-4-13/h7-14H2,1-6H3;7-13H2,1-6H3;7-12H2,1-6H3;5-8,14H2,1-4H3;14-15H,5-8H2,1-4H3;14H,4-7,13H2,1-3H3. The van der Waals surface area contributed by atoms with Crippen LogP contribution in [0.3, 0.4) is 0 Å². The van der Waals surface area contributed by atoms with Crippen molar-refractivity contribution in [2.75, 3.05) is 223 Å². The Balaban J connectivity index is 0.000000716. The molecule has 6 aromatic rings. The molecule has 21 nitrogen and oxygen atoms in total. The van der Waals surface area contributed by atoms with Crippen molar-refractivity contribution in [1.82, 2.24) is 20.0 Å². The summed E-state index contributed by atoms with van der Waals surface area (Å²) in [5, 5.41) is 9.23. The van der Waals surface area contributed by atoms with Crippen LogP contribution in [0.1, 0.15) is 257 Å². The minimum atomic E-state index is -0.0918. The lowest BCUT2D eigenvalue weighted by atomic mass is 9.82. The number of likely N-dealkylation sites (N-methyl/N-ethyl adjacent to an activating group) is 2. The largest absolute Gasteiger partial charge is 0.379 e. The zero-order valence-corrected chi connectivity index (χ0v) is 84.1. The highest BCUT2D eigenvalue weighted by Gasteiger charge is 2.35. The Morgan fingerprint density at radius 3 is 0.840 bits per heavy atom. The number of unbranched alkanes of at least 4 members (excludes halogenated alkanes) is 3. The van der Waals surface area contributed by atoms with Gasteiger partial charge in [0.1, 0.15) is 0 Å². The molecule has 0 saturated carbocycles. The average Bonchev–Trinajstić information content (AvgIpc) is 0.696. The monoisotopic (exact) mass is 1770 g/mol. The van der Waals surface area contributed by atoms with Gasteiger partial charge in [0.2, 0.25) is 32.6 Å². The highest BCUT2D eigenvalue weighted by Crippen LogP contribution is 2.38. The first kappa shape index (κ1) is 112. The third-order valence-electron chi connectivity index (χ3n) is 20.5. The van der Waals surface area contributed by atoms with Crippen LogP contribution in [0.25, 0.3) is 0 Å². The Hall–Kier alpha value is -4.56. The molecule has 0 fully saturated rings. The fourth-order valence-corrected chi connectivity index (χ4v) is 17.4. The molecule has 7 N–H and O–H groups in total. The number of hydrogen-bond donors (Lipinski definition) is 5. The maximum Gasteiger partial charge on any atom is 0.220 e. The maximum atomic E-state index is 12.1. The van der Waals surface area contributed by atoms with Crippen LogP contribution in [0, 0.1) is 27.1 Å². The summed E-state index contributed by atoms with van der Waals surface area (Å²) in [6.45, 7) is 68.0. The van der Waals surface area contributed by atoms with Crippen molar-refractivity contribution in [3.05, 3.63) is 122 Å². The van der Waals surface area contributed by atoms with E-state index in [1.165, 1.54) is 58.2 Å². The van der Waals surface area contributed by atoms with Gasteiger partial charge in [-0.2, -0.15) is 0 Å². The average molecular weight is 1770 g/mol. The van der Waals surface area contributed by atoms with Crippen molar-refractivity contribution >= 4 is 107 Å². The molecule has 0 unspecified atom stereocenters. The van der Waals surface area contributed by atoms with Crippen molar-refractivity contribution in [2.24, 2.45) is 11.5 Å². The molecular weight excluding hydrogens is 1610 g/mol. The molecule has 0 amide bonds. The van der Waals surface area contributed by atoms with Gasteiger partial charge in [0.15, 0.2) is 0 Å². The van der Waals surface area contributed by atoms with Crippen LogP contribution in [-0.2, 0) is 46.7 Å². The number of nitrogens with one attached hydrogen (secondary N) is 3. The van der Waals surface area contributed by atoms with E-state index in [-0.39, 0.29) is 65.1 Å². The van der Waals surface area contributed by atoms with E-state index in [4.69, 9.17) is 99.0 Å². The quantitative estimate of drug-likeness (QED) is 0.0176. The van der Waals surface area contributed by atoms with Gasteiger partial charge in [-0.15, -0.1) is 0 Å². The van der Waals surface area contributed by atoms with Crippen molar-refractivity contribution in [3.8, 4) is 0 Å². The lowest BCUT2D eigenvalue weighted by Gasteiger charge is -2.31. The first-order valence-electron chi connectivity index (χ1n) is 43.5. The van der Waals surface area contributed by atoms with Gasteiger partial charge in [0.25, 0.3) is 0 Å². The van der Waals surface area contributed by atoms with Crippen LogP contribution >= 0.6 is 73.3 Å². The van der Waals surface area contributed by atoms with E-state index in [0.29, 0.717) is 111 Å². The van der Waals surface area contributed by atoms with Crippen molar-refractivity contribution in [1.29, 1.82) is 0 Å². The topological polar surface area (TPSA) is 241 Å². The highest BCUT2D eigenvalue weighted by atomic mass is 32.1. The minimum Gasteiger partial charge on any atom is -0.379 e. The summed E-state index contributed by atoms with van der Waals surface area (Å²) in [5.41, 5.74) is 21.0. The van der Waals surface area contributed by atoms with Crippen molar-refractivity contribution < 1.29 is 14.2 Å². The zero-order chi connectivity index (χ0) is 91.5. The number of anilines is 6. The maximum absolute atomic E-state index is 12.1. The summed E-state index contributed by atoms with van der Waals surface area (Å²) < 4.78 is 19.0. The molecule has 6 aromatic carbocycles. The fraction of sp³-hybridized carbons (Fsp3) is 0.739. The SMILES string of the molecule is CC(C)(C)c1c(NCCOCCN)c(=O)c1=S.CCCN(C)CCCCN(C)c1c(C(C)(C)C)c(=S)c1=O.CCCN(CC)CCCCN(C)c1c(C(C)(C)C)c(=S)c1=O.CCCN(CCC)CCCCN(C)c1c(C(C)(C)C)c(=S)c1=O.CN(CCOCCN)c1c(C(C)(C)C)c(=S)c1=O.CNCCOCCNc1c(C(C)(C)C)c(=S)c1=O. The summed E-state index contributed by atoms with van der Waals surface area (Å²) in [4.78, 5) is 87.0. The first-order chi connectivity index (χ1) is 55.3. The molecule has 0 atom stereocenters. The molecule has 27 heteroatoms. The van der Waals surface area contributed by atoms with E-state index in [2.05, 4.69) is 191 Å². The summed E-state index contributed by atoms with van der Waals surface area (Å²) in [6.07, 6.45) is 11.7. The molecular formula is C92H160N12O9S6. The fourth-order valence-electron chi connectivity index (χ4n) is 14.4. The molecule has 0 radical (unpaired) electrons. The Morgan fingerprint density at radius 1 is 0.303 bits per heavy atom. The second-order valence-electron chi connectivity index (χ2n) is 37.6. The molecule has 0 aromatic heterocycles. The third-order valence-corrected chi connectivity index (χ3v) is 22.8. The molecule has 0 saturated heterocycles. The Labute approximate surface area is 749 Å². The van der Waals surface area contributed by atoms with Crippen LogP contribution in [0.15, 0.2) is 28.8 Å². The normalized spacial score (nSPS) is 12.2. The number of hydrogen-bond acceptors (Lipinski definition) is 27. The zero-order valence-electron chi connectivity index (χ0n) is 79.2. The van der Waals surface area contributed by atoms with Crippen LogP contribution in [0.5, 0.6) is 0 Å². The molecule has 0 bridgehead atoms. The van der Waals surface area contributed by atoms with Gasteiger partial charge >= 0.3 is 0 Å². The lowest BCUT2D eigenvalue weighted by molar-refractivity contribution is 0.147. The predicted octanol–water partition coefficient (Wildman–Crippen LogP) is 16.0. The summed E-state index contributed by atoms with van der Waals surface area (Å²) in [5.74, 6) is 0. The molecule has 0 spiro atoms. The van der Waals surface area contributed by atoms with Gasteiger partial charge in [0.05, 0.1) is 101 Å². The predicted molar refractivity (Wildman–Crippen MR) is 527 cm³/mol. The summed E-state index contributed by atoms with van der Waals surface area (Å²) >= 11 is 31.1. The molecule has 0 aliphatic carbocycles. The van der Waals surface area contributed by atoms with E-state index < -0.39 is 0 Å².